The molecule has 6 rings (SSSR count). The highest BCUT2D eigenvalue weighted by atomic mass is 19.4. The van der Waals surface area contributed by atoms with Crippen molar-refractivity contribution in [2.45, 2.75) is 44.6 Å². The van der Waals surface area contributed by atoms with E-state index in [9.17, 15) is 41.9 Å². The molecule has 2 atom stereocenters. The maximum Gasteiger partial charge on any atom is 0.490 e. The van der Waals surface area contributed by atoms with Crippen LogP contribution in [0.2, 0.25) is 0 Å². The number of amides is 6. The van der Waals surface area contributed by atoms with Crippen molar-refractivity contribution in [3.8, 4) is 0 Å². The average molecular weight is 740 g/mol. The monoisotopic (exact) mass is 739 g/mol. The van der Waals surface area contributed by atoms with Crippen molar-refractivity contribution in [2.75, 3.05) is 25.5 Å². The summed E-state index contributed by atoms with van der Waals surface area (Å²) >= 11 is 0. The highest BCUT2D eigenvalue weighted by molar-refractivity contribution is 6.25. The largest absolute Gasteiger partial charge is 0.490 e. The first-order chi connectivity index (χ1) is 25.2. The van der Waals surface area contributed by atoms with Crippen molar-refractivity contribution >= 4 is 52.6 Å². The molecular weight excluding hydrogens is 707 g/mol. The van der Waals surface area contributed by atoms with Gasteiger partial charge in [-0.2, -0.15) is 18.3 Å². The number of carbonyl (C=O) groups is 7. The highest BCUT2D eigenvalue weighted by Crippen LogP contribution is 2.33. The minimum absolute atomic E-state index is 0.00364. The van der Waals surface area contributed by atoms with Crippen LogP contribution in [-0.2, 0) is 25.7 Å². The van der Waals surface area contributed by atoms with Gasteiger partial charge in [0.05, 0.1) is 40.4 Å². The van der Waals surface area contributed by atoms with E-state index >= 15 is 0 Å². The van der Waals surface area contributed by atoms with E-state index in [1.807, 2.05) is 6.92 Å². The number of anilines is 1. The van der Waals surface area contributed by atoms with Crippen molar-refractivity contribution in [1.82, 2.24) is 39.6 Å². The number of benzene rings is 1. The SMILES string of the molecule is CCn1nccc1C(C(=O)NC)N(CCNc1cccc2c1C(=O)N(C1CCC(=O)NC1=O)C2=O)C(=O)c1cccn2cncc12.O=C(O)C(F)(F)F. The molecule has 53 heavy (non-hydrogen) atoms. The Morgan fingerprint density at radius 2 is 1.83 bits per heavy atom. The number of halogens is 3. The predicted octanol–water partition coefficient (Wildman–Crippen LogP) is 1.63. The molecule has 2 aliphatic heterocycles. The molecule has 3 aromatic heterocycles. The molecule has 0 spiro atoms. The van der Waals surface area contributed by atoms with Crippen LogP contribution in [0.25, 0.3) is 5.52 Å². The molecule has 6 amide bonds. The van der Waals surface area contributed by atoms with Crippen LogP contribution in [0.15, 0.2) is 61.3 Å². The Balaban J connectivity index is 0.000000705. The summed E-state index contributed by atoms with van der Waals surface area (Å²) in [6.45, 7) is 2.43. The topological polar surface area (TPSA) is 217 Å². The quantitative estimate of drug-likeness (QED) is 0.171. The van der Waals surface area contributed by atoms with E-state index in [-0.39, 0.29) is 37.1 Å². The number of carbonyl (C=O) groups excluding carboxylic acids is 6. The molecule has 2 unspecified atom stereocenters. The van der Waals surface area contributed by atoms with Gasteiger partial charge in [-0.25, -0.2) is 9.78 Å². The molecule has 4 N–H and O–H groups in total. The number of imide groups is 2. The number of nitrogens with zero attached hydrogens (tertiary/aromatic N) is 6. The van der Waals surface area contributed by atoms with Crippen molar-refractivity contribution in [3.05, 3.63) is 83.7 Å². The number of hydrogen-bond acceptors (Lipinski definition) is 10. The smallest absolute Gasteiger partial charge is 0.475 e. The maximum absolute atomic E-state index is 14.3. The van der Waals surface area contributed by atoms with Gasteiger partial charge in [-0.15, -0.1) is 0 Å². The number of fused-ring (bicyclic) bond motifs is 2. The number of likely N-dealkylation sites (N-methyl/N-ethyl adjacent to an activating group) is 1. The molecule has 4 aromatic rings. The third-order valence-electron chi connectivity index (χ3n) is 8.46. The second-order valence-electron chi connectivity index (χ2n) is 11.6. The first-order valence-electron chi connectivity index (χ1n) is 16.0. The Labute approximate surface area is 297 Å². The lowest BCUT2D eigenvalue weighted by Gasteiger charge is -2.31. The molecule has 17 nitrogen and oxygen atoms in total. The lowest BCUT2D eigenvalue weighted by molar-refractivity contribution is -0.192. The third-order valence-corrected chi connectivity index (χ3v) is 8.46. The summed E-state index contributed by atoms with van der Waals surface area (Å²) in [5.41, 5.74) is 1.94. The van der Waals surface area contributed by atoms with Gasteiger partial charge in [-0.1, -0.05) is 6.07 Å². The number of pyridine rings is 1. The molecular formula is C33H32F3N9O8. The van der Waals surface area contributed by atoms with E-state index in [2.05, 4.69) is 26.0 Å². The van der Waals surface area contributed by atoms with Gasteiger partial charge in [0.15, 0.2) is 6.04 Å². The van der Waals surface area contributed by atoms with Crippen LogP contribution in [-0.4, -0.2) is 108 Å². The van der Waals surface area contributed by atoms with Gasteiger partial charge in [-0.05, 0) is 43.7 Å². The van der Waals surface area contributed by atoms with Crippen LogP contribution < -0.4 is 16.0 Å². The molecule has 0 radical (unpaired) electrons. The zero-order chi connectivity index (χ0) is 38.6. The molecule has 0 bridgehead atoms. The number of imidazole rings is 1. The maximum atomic E-state index is 14.3. The lowest BCUT2D eigenvalue weighted by Crippen LogP contribution is -2.54. The number of rotatable bonds is 10. The van der Waals surface area contributed by atoms with Gasteiger partial charge in [-0.3, -0.25) is 43.7 Å². The number of piperidine rings is 1. The fourth-order valence-electron chi connectivity index (χ4n) is 6.02. The summed E-state index contributed by atoms with van der Waals surface area (Å²) in [7, 11) is 1.49. The van der Waals surface area contributed by atoms with Gasteiger partial charge in [0.1, 0.15) is 6.04 Å². The zero-order valence-corrected chi connectivity index (χ0v) is 28.1. The van der Waals surface area contributed by atoms with Crippen LogP contribution in [0.3, 0.4) is 0 Å². The number of aromatic nitrogens is 4. The van der Waals surface area contributed by atoms with E-state index in [4.69, 9.17) is 9.90 Å². The van der Waals surface area contributed by atoms with Crippen molar-refractivity contribution in [1.29, 1.82) is 0 Å². The highest BCUT2D eigenvalue weighted by Gasteiger charge is 2.46. The second kappa shape index (κ2) is 15.3. The Kier molecular flexibility index (Phi) is 10.9. The van der Waals surface area contributed by atoms with Crippen molar-refractivity contribution < 1.29 is 51.8 Å². The van der Waals surface area contributed by atoms with Crippen molar-refractivity contribution in [2.24, 2.45) is 0 Å². The summed E-state index contributed by atoms with van der Waals surface area (Å²) in [6, 6.07) is 7.64. The molecule has 5 heterocycles. The fraction of sp³-hybridized carbons (Fsp3) is 0.303. The average Bonchev–Trinajstić information content (AvgIpc) is 3.86. The van der Waals surface area contributed by atoms with Crippen LogP contribution in [0.4, 0.5) is 18.9 Å². The minimum atomic E-state index is -5.08. The Bertz CT molecular complexity index is 2110. The molecule has 2 aliphatic rings. The fourth-order valence-corrected chi connectivity index (χ4v) is 6.02. The van der Waals surface area contributed by atoms with Gasteiger partial charge < -0.3 is 25.0 Å². The number of carboxylic acid groups (broad SMARTS) is 1. The van der Waals surface area contributed by atoms with E-state index in [1.54, 1.807) is 64.3 Å². The molecule has 1 aromatic carbocycles. The number of nitrogens with one attached hydrogen (secondary N) is 3. The first-order valence-corrected chi connectivity index (χ1v) is 16.0. The summed E-state index contributed by atoms with van der Waals surface area (Å²) in [6.07, 6.45) is 1.44. The van der Waals surface area contributed by atoms with Gasteiger partial charge in [0.25, 0.3) is 17.7 Å². The third kappa shape index (κ3) is 7.55. The van der Waals surface area contributed by atoms with Crippen LogP contribution in [0.5, 0.6) is 0 Å². The molecule has 20 heteroatoms. The standard InChI is InChI=1S/C31H31N9O6.C2HF3O2/c1-3-39-21(11-12-35-39)26(28(43)32-2)38(29(44)18-7-5-14-37-17-33-16-23(18)37)15-13-34-20-8-4-6-19-25(20)31(46)40(30(19)45)22-9-10-24(41)36-27(22)42;3-2(4,5)1(6)7/h4-8,11-12,14,16-17,22,26,34H,3,9-10,13,15H2,1-2H3,(H,32,43)(H,36,41,42);(H,6,7). The van der Waals surface area contributed by atoms with Gasteiger partial charge in [0.2, 0.25) is 17.7 Å². The van der Waals surface area contributed by atoms with E-state index in [0.717, 1.165) is 4.90 Å². The molecule has 1 fully saturated rings. The first kappa shape index (κ1) is 37.7. The van der Waals surface area contributed by atoms with E-state index in [1.165, 1.54) is 18.0 Å². The second-order valence-corrected chi connectivity index (χ2v) is 11.6. The summed E-state index contributed by atoms with van der Waals surface area (Å²) in [4.78, 5) is 94.2. The molecule has 0 aliphatic carbocycles. The molecule has 1 saturated heterocycles. The number of aryl methyl sites for hydroxylation is 1. The minimum Gasteiger partial charge on any atom is -0.475 e. The number of alkyl halides is 3. The summed E-state index contributed by atoms with van der Waals surface area (Å²) < 4.78 is 35.1. The van der Waals surface area contributed by atoms with Crippen LogP contribution in [0, 0.1) is 0 Å². The molecule has 0 saturated carbocycles. The van der Waals surface area contributed by atoms with E-state index in [0.29, 0.717) is 29.0 Å². The normalized spacial score (nSPS) is 16.0. The Morgan fingerprint density at radius 3 is 2.49 bits per heavy atom. The Hall–Kier alpha value is -6.60. The summed E-state index contributed by atoms with van der Waals surface area (Å²) in [5.74, 6) is -6.06. The zero-order valence-electron chi connectivity index (χ0n) is 28.1. The molecule has 278 valence electrons. The van der Waals surface area contributed by atoms with Gasteiger partial charge in [0, 0.05) is 51.2 Å². The number of hydrogen-bond donors (Lipinski definition) is 4. The van der Waals surface area contributed by atoms with E-state index < -0.39 is 59.7 Å². The number of carboxylic acids is 1. The number of aliphatic carboxylic acids is 1. The van der Waals surface area contributed by atoms with Gasteiger partial charge >= 0.3 is 12.1 Å². The summed E-state index contributed by atoms with van der Waals surface area (Å²) in [5, 5.41) is 19.5. The Morgan fingerprint density at radius 1 is 1.09 bits per heavy atom. The predicted molar refractivity (Wildman–Crippen MR) is 176 cm³/mol. The van der Waals surface area contributed by atoms with Crippen LogP contribution in [0.1, 0.15) is 62.6 Å². The van der Waals surface area contributed by atoms with Crippen LogP contribution >= 0.6 is 0 Å². The lowest BCUT2D eigenvalue weighted by atomic mass is 10.0. The van der Waals surface area contributed by atoms with Crippen molar-refractivity contribution in [3.63, 3.8) is 0 Å².